The molecule has 2 aromatic heterocycles. The number of fused-ring (bicyclic) bond motifs is 1. The topological polar surface area (TPSA) is 107 Å². The summed E-state index contributed by atoms with van der Waals surface area (Å²) in [5.74, 6) is -3.25. The number of benzene rings is 1. The van der Waals surface area contributed by atoms with E-state index in [1.165, 1.54) is 16.8 Å². The van der Waals surface area contributed by atoms with Gasteiger partial charge in [0.25, 0.3) is 11.8 Å². The number of pyridine rings is 1. The van der Waals surface area contributed by atoms with Gasteiger partial charge in [0.1, 0.15) is 17.0 Å². The molecule has 2 fully saturated rings. The predicted octanol–water partition coefficient (Wildman–Crippen LogP) is 2.68. The lowest BCUT2D eigenvalue weighted by Gasteiger charge is -2.42. The highest BCUT2D eigenvalue weighted by Crippen LogP contribution is 2.38. The summed E-state index contributed by atoms with van der Waals surface area (Å²) in [7, 11) is 1.41. The van der Waals surface area contributed by atoms with Crippen LogP contribution < -0.4 is 5.32 Å². The summed E-state index contributed by atoms with van der Waals surface area (Å²) in [6, 6.07) is 4.64. The first-order valence-electron chi connectivity index (χ1n) is 12.3. The molecule has 0 saturated carbocycles. The Labute approximate surface area is 225 Å². The Kier molecular flexibility index (Phi) is 6.72. The number of alkyl halides is 3. The van der Waals surface area contributed by atoms with Gasteiger partial charge in [0.15, 0.2) is 0 Å². The number of carbonyl (C=O) groups excluding carboxylic acids is 4. The number of imidazole rings is 1. The molecule has 210 valence electrons. The molecule has 0 bridgehead atoms. The van der Waals surface area contributed by atoms with E-state index in [4.69, 9.17) is 0 Å². The van der Waals surface area contributed by atoms with Crippen molar-refractivity contribution in [3.05, 3.63) is 71.4 Å². The van der Waals surface area contributed by atoms with Crippen LogP contribution in [0.5, 0.6) is 0 Å². The molecule has 0 atom stereocenters. The minimum absolute atomic E-state index is 0.0925. The zero-order valence-electron chi connectivity index (χ0n) is 21.2. The summed E-state index contributed by atoms with van der Waals surface area (Å²) in [6.45, 7) is -0.238. The van der Waals surface area contributed by atoms with Gasteiger partial charge in [0.05, 0.1) is 17.7 Å². The largest absolute Gasteiger partial charge is 0.416 e. The molecule has 1 N–H and O–H groups in total. The second-order valence-electron chi connectivity index (χ2n) is 9.75. The van der Waals surface area contributed by atoms with E-state index in [9.17, 15) is 36.7 Å². The number of hydrogen-bond donors (Lipinski definition) is 1. The van der Waals surface area contributed by atoms with Crippen LogP contribution in [-0.2, 0) is 22.3 Å². The molecule has 5 amide bonds. The molecule has 2 saturated heterocycles. The lowest BCUT2D eigenvalue weighted by atomic mass is 9.85. The second kappa shape index (κ2) is 9.92. The van der Waals surface area contributed by atoms with Gasteiger partial charge in [-0.2, -0.15) is 13.2 Å². The summed E-state index contributed by atoms with van der Waals surface area (Å²) < 4.78 is 54.7. The van der Waals surface area contributed by atoms with Gasteiger partial charge in [-0.05, 0) is 48.7 Å². The number of nitrogens with one attached hydrogen (secondary N) is 1. The fourth-order valence-electron chi connectivity index (χ4n) is 5.18. The van der Waals surface area contributed by atoms with Crippen LogP contribution in [0.4, 0.5) is 22.4 Å². The van der Waals surface area contributed by atoms with Crippen LogP contribution in [0.1, 0.15) is 34.3 Å². The van der Waals surface area contributed by atoms with Gasteiger partial charge in [-0.1, -0.05) is 0 Å². The summed E-state index contributed by atoms with van der Waals surface area (Å²) in [4.78, 5) is 59.6. The zero-order chi connectivity index (χ0) is 28.8. The Morgan fingerprint density at radius 3 is 2.50 bits per heavy atom. The highest BCUT2D eigenvalue weighted by molar-refractivity contribution is 6.07. The number of piperidine rings is 1. The minimum Gasteiger partial charge on any atom is -0.343 e. The van der Waals surface area contributed by atoms with Gasteiger partial charge in [-0.25, -0.2) is 14.2 Å². The Morgan fingerprint density at radius 2 is 1.80 bits per heavy atom. The van der Waals surface area contributed by atoms with Crippen LogP contribution in [0.2, 0.25) is 0 Å². The highest BCUT2D eigenvalue weighted by Gasteiger charge is 2.57. The summed E-state index contributed by atoms with van der Waals surface area (Å²) in [6.07, 6.45) is 0.756. The number of hydrogen-bond acceptors (Lipinski definition) is 5. The standard InChI is InChI=1S/C26H24F4N6O4/c1-33-23(39)25(36(24(33)40)15-16-4-8-34-11-7-31-20(34)12-16)5-9-35(10-6-25)21(37)14-32-22(38)18-13-17(26(28,29)30)2-3-19(18)27/h2-4,7-8,11-13H,5-6,9-10,14-15H2,1H3,(H,32,38). The predicted molar refractivity (Wildman–Crippen MR) is 131 cm³/mol. The molecule has 5 rings (SSSR count). The lowest BCUT2D eigenvalue weighted by molar-refractivity contribution is -0.140. The van der Waals surface area contributed by atoms with E-state index < -0.39 is 53.0 Å². The smallest absolute Gasteiger partial charge is 0.343 e. The third-order valence-corrected chi connectivity index (χ3v) is 7.42. The number of urea groups is 1. The number of aromatic nitrogens is 2. The summed E-state index contributed by atoms with van der Waals surface area (Å²) in [5.41, 5.74) is -1.72. The minimum atomic E-state index is -4.77. The van der Waals surface area contributed by atoms with Crippen molar-refractivity contribution < 1.29 is 36.7 Å². The maximum Gasteiger partial charge on any atom is 0.416 e. The summed E-state index contributed by atoms with van der Waals surface area (Å²) >= 11 is 0. The van der Waals surface area contributed by atoms with Crippen molar-refractivity contribution in [2.75, 3.05) is 26.7 Å². The zero-order valence-corrected chi connectivity index (χ0v) is 21.2. The molecule has 3 aromatic rings. The number of halogens is 4. The molecule has 1 aromatic carbocycles. The third kappa shape index (κ3) is 4.73. The number of amides is 5. The quantitative estimate of drug-likeness (QED) is 0.382. The number of rotatable bonds is 5. The first kappa shape index (κ1) is 27.1. The van der Waals surface area contributed by atoms with Gasteiger partial charge in [-0.3, -0.25) is 19.3 Å². The van der Waals surface area contributed by atoms with Gasteiger partial charge < -0.3 is 19.5 Å². The molecule has 14 heteroatoms. The highest BCUT2D eigenvalue weighted by atomic mass is 19.4. The molecule has 2 aliphatic rings. The first-order chi connectivity index (χ1) is 18.9. The molecular weight excluding hydrogens is 536 g/mol. The van der Waals surface area contributed by atoms with E-state index >= 15 is 0 Å². The van der Waals surface area contributed by atoms with Gasteiger partial charge in [0, 0.05) is 45.3 Å². The molecule has 0 aliphatic carbocycles. The normalized spacial score (nSPS) is 17.3. The van der Waals surface area contributed by atoms with Crippen LogP contribution in [0.15, 0.2) is 48.9 Å². The van der Waals surface area contributed by atoms with Crippen molar-refractivity contribution in [3.63, 3.8) is 0 Å². The van der Waals surface area contributed by atoms with Gasteiger partial charge in [0.2, 0.25) is 5.91 Å². The van der Waals surface area contributed by atoms with Crippen molar-refractivity contribution in [2.45, 2.75) is 31.1 Å². The fourth-order valence-corrected chi connectivity index (χ4v) is 5.18. The number of likely N-dealkylation sites (tertiary alicyclic amines) is 1. The molecule has 2 aliphatic heterocycles. The van der Waals surface area contributed by atoms with E-state index in [-0.39, 0.29) is 38.4 Å². The Morgan fingerprint density at radius 1 is 1.07 bits per heavy atom. The maximum absolute atomic E-state index is 14.0. The van der Waals surface area contributed by atoms with E-state index in [1.807, 2.05) is 16.5 Å². The Balaban J connectivity index is 1.24. The lowest BCUT2D eigenvalue weighted by Crippen LogP contribution is -2.57. The second-order valence-corrected chi connectivity index (χ2v) is 9.75. The molecule has 1 spiro atoms. The Bertz CT molecular complexity index is 1510. The molecule has 0 radical (unpaired) electrons. The van der Waals surface area contributed by atoms with Crippen molar-refractivity contribution in [3.8, 4) is 0 Å². The SMILES string of the molecule is CN1C(=O)N(Cc2ccn3ccnc3c2)C2(CCN(C(=O)CNC(=O)c3cc(C(F)(F)F)ccc3F)CC2)C1=O. The number of imide groups is 1. The number of likely N-dealkylation sites (N-methyl/N-ethyl adjacent to an activating group) is 1. The van der Waals surface area contributed by atoms with E-state index in [0.717, 1.165) is 10.5 Å². The number of nitrogens with zero attached hydrogens (tertiary/aromatic N) is 5. The third-order valence-electron chi connectivity index (χ3n) is 7.42. The molecule has 40 heavy (non-hydrogen) atoms. The van der Waals surface area contributed by atoms with Crippen LogP contribution in [-0.4, -0.2) is 80.1 Å². The average molecular weight is 561 g/mol. The van der Waals surface area contributed by atoms with E-state index in [0.29, 0.717) is 23.8 Å². The molecule has 0 unspecified atom stereocenters. The summed E-state index contributed by atoms with van der Waals surface area (Å²) in [5, 5.41) is 2.17. The molecule has 4 heterocycles. The van der Waals surface area contributed by atoms with Crippen LogP contribution in [0, 0.1) is 5.82 Å². The maximum atomic E-state index is 14.0. The molecular formula is C26H24F4N6O4. The van der Waals surface area contributed by atoms with Gasteiger partial charge in [-0.15, -0.1) is 0 Å². The van der Waals surface area contributed by atoms with Crippen molar-refractivity contribution in [1.82, 2.24) is 29.4 Å². The van der Waals surface area contributed by atoms with Crippen molar-refractivity contribution in [2.24, 2.45) is 0 Å². The monoisotopic (exact) mass is 560 g/mol. The number of carbonyl (C=O) groups is 4. The van der Waals surface area contributed by atoms with E-state index in [1.54, 1.807) is 18.6 Å². The van der Waals surface area contributed by atoms with Crippen LogP contribution >= 0.6 is 0 Å². The van der Waals surface area contributed by atoms with Crippen LogP contribution in [0.25, 0.3) is 5.65 Å². The van der Waals surface area contributed by atoms with Gasteiger partial charge >= 0.3 is 12.2 Å². The van der Waals surface area contributed by atoms with E-state index in [2.05, 4.69) is 10.3 Å². The first-order valence-corrected chi connectivity index (χ1v) is 12.3. The van der Waals surface area contributed by atoms with Crippen molar-refractivity contribution >= 4 is 29.4 Å². The fraction of sp³-hybridized carbons (Fsp3) is 0.346. The Hall–Kier alpha value is -4.49. The molecule has 10 nitrogen and oxygen atoms in total. The van der Waals surface area contributed by atoms with Crippen LogP contribution in [0.3, 0.4) is 0 Å². The van der Waals surface area contributed by atoms with Crippen molar-refractivity contribution in [1.29, 1.82) is 0 Å². The average Bonchev–Trinajstić information content (AvgIpc) is 3.46.